The van der Waals surface area contributed by atoms with Crippen LogP contribution in [0.2, 0.25) is 10.0 Å². The molecule has 0 aliphatic heterocycles. The van der Waals surface area contributed by atoms with Crippen molar-refractivity contribution in [3.05, 3.63) is 80.5 Å². The summed E-state index contributed by atoms with van der Waals surface area (Å²) in [4.78, 5) is 31.4. The molecule has 3 rings (SSSR count). The highest BCUT2D eigenvalue weighted by Gasteiger charge is 2.26. The van der Waals surface area contributed by atoms with Gasteiger partial charge in [0.2, 0.25) is 0 Å². The molecule has 0 unspecified atom stereocenters. The fraction of sp³-hybridized carbons (Fsp3) is 0.143. The van der Waals surface area contributed by atoms with E-state index in [4.69, 9.17) is 28.0 Å². The molecule has 2 N–H and O–H groups in total. The molecule has 0 spiro atoms. The normalized spacial score (nSPS) is 10.8. The average molecular weight is 466 g/mol. The molecule has 9 heteroatoms. The molecule has 3 aromatic rings. The maximum absolute atomic E-state index is 12.9. The predicted octanol–water partition coefficient (Wildman–Crippen LogP) is 4.64. The molecule has 0 atom stereocenters. The smallest absolute Gasteiger partial charge is 0.368 e. The third-order valence-corrected chi connectivity index (χ3v) is 5.55. The number of hydrogen-bond donors (Lipinski definition) is 2. The van der Waals surface area contributed by atoms with Crippen molar-refractivity contribution in [2.75, 3.05) is 6.54 Å². The van der Waals surface area contributed by atoms with Crippen LogP contribution in [0.4, 0.5) is 0 Å². The van der Waals surface area contributed by atoms with Crippen LogP contribution < -0.4 is 0 Å². The van der Waals surface area contributed by atoms with E-state index >= 15 is 0 Å². The molecule has 0 bridgehead atoms. The summed E-state index contributed by atoms with van der Waals surface area (Å²) in [6.07, 6.45) is -1.90. The molecule has 2 aromatic carbocycles. The standard InChI is InChI=1S/C21H17Cl2NO5S/c22-14-6-7-16(17(23)12-14)20(27)24(10-8-18(25)26)29-21(28)19-15(9-11-30-19)13-4-2-1-3-5-13/h1-7,9,11-12,18,25-26H,8,10H2. The second-order valence-electron chi connectivity index (χ2n) is 6.21. The molecule has 0 saturated heterocycles. The van der Waals surface area contributed by atoms with Gasteiger partial charge in [0.15, 0.2) is 6.29 Å². The van der Waals surface area contributed by atoms with Crippen LogP contribution in [0.25, 0.3) is 11.1 Å². The number of hydrogen-bond acceptors (Lipinski definition) is 6. The van der Waals surface area contributed by atoms with Gasteiger partial charge in [0.05, 0.1) is 17.1 Å². The first-order valence-corrected chi connectivity index (χ1v) is 10.5. The van der Waals surface area contributed by atoms with Crippen LogP contribution in [-0.4, -0.2) is 40.0 Å². The van der Waals surface area contributed by atoms with E-state index in [1.54, 1.807) is 11.4 Å². The minimum absolute atomic E-state index is 0.0655. The van der Waals surface area contributed by atoms with Crippen LogP contribution in [0.15, 0.2) is 60.0 Å². The van der Waals surface area contributed by atoms with Crippen molar-refractivity contribution in [1.82, 2.24) is 5.06 Å². The van der Waals surface area contributed by atoms with Crippen molar-refractivity contribution in [2.24, 2.45) is 0 Å². The summed E-state index contributed by atoms with van der Waals surface area (Å²) >= 11 is 13.2. The summed E-state index contributed by atoms with van der Waals surface area (Å²) in [5.74, 6) is -1.45. The highest BCUT2D eigenvalue weighted by Crippen LogP contribution is 2.29. The largest absolute Gasteiger partial charge is 0.373 e. The number of aliphatic hydroxyl groups excluding tert-OH is 1. The Balaban J connectivity index is 1.86. The van der Waals surface area contributed by atoms with E-state index in [9.17, 15) is 19.8 Å². The highest BCUT2D eigenvalue weighted by atomic mass is 35.5. The van der Waals surface area contributed by atoms with Crippen LogP contribution in [-0.2, 0) is 4.84 Å². The van der Waals surface area contributed by atoms with Gasteiger partial charge in [-0.25, -0.2) is 4.79 Å². The van der Waals surface area contributed by atoms with Gasteiger partial charge in [0.25, 0.3) is 5.91 Å². The third kappa shape index (κ3) is 5.38. The van der Waals surface area contributed by atoms with Crippen molar-refractivity contribution >= 4 is 46.4 Å². The lowest BCUT2D eigenvalue weighted by atomic mass is 10.1. The van der Waals surface area contributed by atoms with Gasteiger partial charge in [-0.15, -0.1) is 11.3 Å². The third-order valence-electron chi connectivity index (χ3n) is 4.11. The number of halogens is 2. The molecule has 0 aliphatic rings. The molecule has 0 aliphatic carbocycles. The molecule has 30 heavy (non-hydrogen) atoms. The van der Waals surface area contributed by atoms with Crippen LogP contribution in [0, 0.1) is 0 Å². The number of amides is 1. The Labute approximate surface area is 186 Å². The minimum atomic E-state index is -1.68. The van der Waals surface area contributed by atoms with E-state index < -0.39 is 18.2 Å². The molecule has 1 heterocycles. The van der Waals surface area contributed by atoms with Gasteiger partial charge in [-0.1, -0.05) is 53.5 Å². The van der Waals surface area contributed by atoms with Gasteiger partial charge in [-0.05, 0) is 35.2 Å². The molecule has 156 valence electrons. The maximum Gasteiger partial charge on any atom is 0.373 e. The van der Waals surface area contributed by atoms with Crippen LogP contribution in [0.3, 0.4) is 0 Å². The van der Waals surface area contributed by atoms with E-state index in [1.807, 2.05) is 30.3 Å². The van der Waals surface area contributed by atoms with Crippen LogP contribution in [0.1, 0.15) is 26.5 Å². The molecule has 0 fully saturated rings. The molecule has 1 aromatic heterocycles. The summed E-state index contributed by atoms with van der Waals surface area (Å²) < 4.78 is 0. The lowest BCUT2D eigenvalue weighted by Gasteiger charge is -2.22. The van der Waals surface area contributed by atoms with Gasteiger partial charge in [0.1, 0.15) is 4.88 Å². The number of carbonyl (C=O) groups excluding carboxylic acids is 2. The molecular formula is C21H17Cl2NO5S. The number of rotatable bonds is 6. The second kappa shape index (κ2) is 10.1. The second-order valence-corrected chi connectivity index (χ2v) is 7.97. The number of benzene rings is 2. The number of aliphatic hydroxyl groups is 2. The molecule has 1 amide bonds. The Morgan fingerprint density at radius 1 is 1.07 bits per heavy atom. The lowest BCUT2D eigenvalue weighted by Crippen LogP contribution is -2.36. The monoisotopic (exact) mass is 465 g/mol. The fourth-order valence-electron chi connectivity index (χ4n) is 2.67. The SMILES string of the molecule is O=C(ON(CCC(O)O)C(=O)c1ccc(Cl)cc1Cl)c1sccc1-c1ccccc1. The molecule has 6 nitrogen and oxygen atoms in total. The van der Waals surface area contributed by atoms with Crippen molar-refractivity contribution < 1.29 is 24.6 Å². The van der Waals surface area contributed by atoms with Crippen molar-refractivity contribution in [1.29, 1.82) is 0 Å². The van der Waals surface area contributed by atoms with E-state index in [2.05, 4.69) is 0 Å². The first-order chi connectivity index (χ1) is 14.4. The summed E-state index contributed by atoms with van der Waals surface area (Å²) in [6, 6.07) is 15.4. The van der Waals surface area contributed by atoms with Gasteiger partial charge in [-0.2, -0.15) is 5.06 Å². The van der Waals surface area contributed by atoms with Crippen molar-refractivity contribution in [2.45, 2.75) is 12.7 Å². The Kier molecular flexibility index (Phi) is 7.47. The zero-order valence-electron chi connectivity index (χ0n) is 15.5. The summed E-state index contributed by atoms with van der Waals surface area (Å²) in [7, 11) is 0. The lowest BCUT2D eigenvalue weighted by molar-refractivity contribution is -0.104. The van der Waals surface area contributed by atoms with E-state index in [1.165, 1.54) is 29.5 Å². The first-order valence-electron chi connectivity index (χ1n) is 8.85. The fourth-order valence-corrected chi connectivity index (χ4v) is 3.95. The zero-order valence-corrected chi connectivity index (χ0v) is 17.8. The van der Waals surface area contributed by atoms with Crippen molar-refractivity contribution in [3.8, 4) is 11.1 Å². The first kappa shape index (κ1) is 22.3. The Hall–Kier alpha value is -2.42. The summed E-state index contributed by atoms with van der Waals surface area (Å²) in [5.41, 5.74) is 1.57. The minimum Gasteiger partial charge on any atom is -0.368 e. The number of carbonyl (C=O) groups is 2. The number of nitrogens with zero attached hydrogens (tertiary/aromatic N) is 1. The van der Waals surface area contributed by atoms with Gasteiger partial charge in [-0.3, -0.25) is 4.79 Å². The van der Waals surface area contributed by atoms with E-state index in [-0.39, 0.29) is 23.6 Å². The quantitative estimate of drug-likeness (QED) is 0.409. The Morgan fingerprint density at radius 3 is 2.47 bits per heavy atom. The Bertz CT molecular complexity index is 1040. The number of thiophene rings is 1. The topological polar surface area (TPSA) is 87.1 Å². The van der Waals surface area contributed by atoms with E-state index in [0.717, 1.165) is 10.6 Å². The maximum atomic E-state index is 12.9. The zero-order chi connectivity index (χ0) is 21.7. The summed E-state index contributed by atoms with van der Waals surface area (Å²) in [6.45, 7) is -0.243. The van der Waals surface area contributed by atoms with E-state index in [0.29, 0.717) is 15.5 Å². The molecule has 0 radical (unpaired) electrons. The Morgan fingerprint density at radius 2 is 1.80 bits per heavy atom. The molecule has 0 saturated carbocycles. The van der Waals surface area contributed by atoms with Crippen LogP contribution in [0.5, 0.6) is 0 Å². The van der Waals surface area contributed by atoms with Gasteiger partial charge >= 0.3 is 5.97 Å². The predicted molar refractivity (Wildman–Crippen MR) is 116 cm³/mol. The molecular weight excluding hydrogens is 449 g/mol. The highest BCUT2D eigenvalue weighted by molar-refractivity contribution is 7.12. The average Bonchev–Trinajstić information content (AvgIpc) is 3.21. The van der Waals surface area contributed by atoms with Gasteiger partial charge in [0, 0.05) is 17.0 Å². The van der Waals surface area contributed by atoms with Gasteiger partial charge < -0.3 is 15.1 Å². The number of hydroxylamine groups is 2. The van der Waals surface area contributed by atoms with Crippen molar-refractivity contribution in [3.63, 3.8) is 0 Å². The van der Waals surface area contributed by atoms with Crippen LogP contribution >= 0.6 is 34.5 Å². The summed E-state index contributed by atoms with van der Waals surface area (Å²) in [5, 5.41) is 21.3.